The zero-order valence-electron chi connectivity index (χ0n) is 16.2. The summed E-state index contributed by atoms with van der Waals surface area (Å²) in [5.41, 5.74) is 1.29. The van der Waals surface area contributed by atoms with E-state index in [4.69, 9.17) is 4.52 Å². The van der Waals surface area contributed by atoms with Crippen LogP contribution in [0.4, 0.5) is 14.6 Å². The summed E-state index contributed by atoms with van der Waals surface area (Å²) in [5, 5.41) is 4.90. The van der Waals surface area contributed by atoms with Crippen LogP contribution in [0.5, 0.6) is 0 Å². The Morgan fingerprint density at radius 2 is 1.82 bits per heavy atom. The molecule has 1 aromatic carbocycles. The predicted octanol–water partition coefficient (Wildman–Crippen LogP) is 3.52. The molecule has 0 spiro atoms. The molecule has 4 rings (SSSR count). The van der Waals surface area contributed by atoms with Gasteiger partial charge in [-0.25, -0.2) is 18.7 Å². The van der Waals surface area contributed by atoms with Crippen LogP contribution >= 0.6 is 0 Å². The molecule has 0 atom stereocenters. The van der Waals surface area contributed by atoms with Crippen molar-refractivity contribution in [1.82, 2.24) is 20.0 Å². The van der Waals surface area contributed by atoms with Gasteiger partial charge in [0.1, 0.15) is 17.8 Å². The molecule has 0 radical (unpaired) electrons. The highest BCUT2D eigenvalue weighted by molar-refractivity contribution is 5.79. The number of hydrogen-bond donors (Lipinski definition) is 0. The van der Waals surface area contributed by atoms with Gasteiger partial charge in [-0.1, -0.05) is 25.9 Å². The maximum absolute atomic E-state index is 14.9. The van der Waals surface area contributed by atoms with E-state index in [1.165, 1.54) is 18.5 Å². The Kier molecular flexibility index (Phi) is 4.74. The van der Waals surface area contributed by atoms with E-state index in [-0.39, 0.29) is 17.0 Å². The van der Waals surface area contributed by atoms with Crippen LogP contribution in [-0.2, 0) is 12.0 Å². The van der Waals surface area contributed by atoms with Crippen molar-refractivity contribution in [3.05, 3.63) is 47.5 Å². The van der Waals surface area contributed by atoms with Crippen molar-refractivity contribution in [3.63, 3.8) is 0 Å². The molecule has 1 aliphatic rings. The van der Waals surface area contributed by atoms with Crippen molar-refractivity contribution in [2.45, 2.75) is 32.7 Å². The van der Waals surface area contributed by atoms with Crippen molar-refractivity contribution in [3.8, 4) is 0 Å². The lowest BCUT2D eigenvalue weighted by atomic mass is 9.91. The van der Waals surface area contributed by atoms with Crippen LogP contribution in [0.2, 0.25) is 0 Å². The molecular weight excluding hydrogens is 364 g/mol. The van der Waals surface area contributed by atoms with Gasteiger partial charge in [0.05, 0.1) is 5.69 Å². The second-order valence-electron chi connectivity index (χ2n) is 8.14. The first kappa shape index (κ1) is 18.7. The molecule has 3 heterocycles. The third-order valence-electron chi connectivity index (χ3n) is 5.04. The highest BCUT2D eigenvalue weighted by atomic mass is 19.1. The lowest BCUT2D eigenvalue weighted by Gasteiger charge is -2.35. The first-order chi connectivity index (χ1) is 13.3. The average molecular weight is 387 g/mol. The molecule has 0 saturated carbocycles. The van der Waals surface area contributed by atoms with Crippen LogP contribution in [0.15, 0.2) is 29.0 Å². The molecule has 1 fully saturated rings. The standard InChI is InChI=1S/C20H23F2N5O/c1-20(2,3)18-17(22)19(24-12-23-18)27-8-6-26(7-9-27)11-15-14-5-4-13(21)10-16(14)28-25-15/h4-5,10,12H,6-9,11H2,1-3H3. The van der Waals surface area contributed by atoms with Crippen LogP contribution in [-0.4, -0.2) is 46.2 Å². The van der Waals surface area contributed by atoms with Gasteiger partial charge < -0.3 is 9.42 Å². The van der Waals surface area contributed by atoms with E-state index in [0.717, 1.165) is 24.2 Å². The molecule has 0 N–H and O–H groups in total. The summed E-state index contributed by atoms with van der Waals surface area (Å²) in [7, 11) is 0. The van der Waals surface area contributed by atoms with Gasteiger partial charge in [-0.05, 0) is 12.1 Å². The minimum absolute atomic E-state index is 0.340. The van der Waals surface area contributed by atoms with Crippen LogP contribution in [0.1, 0.15) is 32.2 Å². The number of anilines is 1. The number of piperazine rings is 1. The Hall–Kier alpha value is -2.61. The molecule has 0 bridgehead atoms. The Morgan fingerprint density at radius 3 is 2.54 bits per heavy atom. The molecule has 0 unspecified atom stereocenters. The molecule has 0 aliphatic carbocycles. The van der Waals surface area contributed by atoms with Gasteiger partial charge in [-0.3, -0.25) is 4.90 Å². The highest BCUT2D eigenvalue weighted by Crippen LogP contribution is 2.28. The van der Waals surface area contributed by atoms with Gasteiger partial charge >= 0.3 is 0 Å². The Balaban J connectivity index is 1.45. The zero-order chi connectivity index (χ0) is 19.9. The number of fused-ring (bicyclic) bond motifs is 1. The Morgan fingerprint density at radius 1 is 1.07 bits per heavy atom. The lowest BCUT2D eigenvalue weighted by molar-refractivity contribution is 0.242. The minimum atomic E-state index is -0.378. The van der Waals surface area contributed by atoms with Gasteiger partial charge in [-0.15, -0.1) is 0 Å². The van der Waals surface area contributed by atoms with Gasteiger partial charge in [0.2, 0.25) is 0 Å². The molecule has 28 heavy (non-hydrogen) atoms. The van der Waals surface area contributed by atoms with Crippen LogP contribution in [0, 0.1) is 11.6 Å². The van der Waals surface area contributed by atoms with E-state index in [0.29, 0.717) is 36.7 Å². The number of hydrogen-bond acceptors (Lipinski definition) is 6. The quantitative estimate of drug-likeness (QED) is 0.685. The van der Waals surface area contributed by atoms with Crippen LogP contribution in [0.25, 0.3) is 11.0 Å². The summed E-state index contributed by atoms with van der Waals surface area (Å²) in [5.74, 6) is -0.319. The average Bonchev–Trinajstić information content (AvgIpc) is 3.03. The topological polar surface area (TPSA) is 58.3 Å². The summed E-state index contributed by atoms with van der Waals surface area (Å²) in [4.78, 5) is 12.5. The SMILES string of the molecule is CC(C)(C)c1ncnc(N2CCN(Cc3noc4cc(F)ccc34)CC2)c1F. The molecule has 1 saturated heterocycles. The van der Waals surface area contributed by atoms with Crippen molar-refractivity contribution >= 4 is 16.8 Å². The molecule has 148 valence electrons. The molecule has 6 nitrogen and oxygen atoms in total. The van der Waals surface area contributed by atoms with Crippen LogP contribution in [0.3, 0.4) is 0 Å². The van der Waals surface area contributed by atoms with E-state index >= 15 is 0 Å². The van der Waals surface area contributed by atoms with E-state index in [1.54, 1.807) is 6.07 Å². The highest BCUT2D eigenvalue weighted by Gasteiger charge is 2.27. The molecule has 3 aromatic rings. The number of rotatable bonds is 3. The van der Waals surface area contributed by atoms with Crippen LogP contribution < -0.4 is 4.90 Å². The van der Waals surface area contributed by atoms with E-state index in [1.807, 2.05) is 25.7 Å². The zero-order valence-corrected chi connectivity index (χ0v) is 16.2. The lowest BCUT2D eigenvalue weighted by Crippen LogP contribution is -2.46. The third kappa shape index (κ3) is 3.56. The van der Waals surface area contributed by atoms with Crippen molar-refractivity contribution in [1.29, 1.82) is 0 Å². The van der Waals surface area contributed by atoms with Crippen molar-refractivity contribution in [2.75, 3.05) is 31.1 Å². The van der Waals surface area contributed by atoms with Gasteiger partial charge in [-0.2, -0.15) is 0 Å². The summed E-state index contributed by atoms with van der Waals surface area (Å²) in [6.07, 6.45) is 1.44. The number of aromatic nitrogens is 3. The maximum Gasteiger partial charge on any atom is 0.187 e. The fourth-order valence-corrected chi connectivity index (χ4v) is 3.51. The Bertz CT molecular complexity index is 990. The molecule has 0 amide bonds. The minimum Gasteiger partial charge on any atom is -0.356 e. The summed E-state index contributed by atoms with van der Waals surface area (Å²) >= 11 is 0. The van der Waals surface area contributed by atoms with E-state index in [9.17, 15) is 8.78 Å². The van der Waals surface area contributed by atoms with E-state index < -0.39 is 0 Å². The fraction of sp³-hybridized carbons (Fsp3) is 0.450. The number of halogens is 2. The van der Waals surface area contributed by atoms with Gasteiger partial charge in [0.15, 0.2) is 17.2 Å². The summed E-state index contributed by atoms with van der Waals surface area (Å²) < 4.78 is 33.5. The first-order valence-corrected chi connectivity index (χ1v) is 9.35. The van der Waals surface area contributed by atoms with Crippen molar-refractivity contribution < 1.29 is 13.3 Å². The normalized spacial score (nSPS) is 16.1. The third-order valence-corrected chi connectivity index (χ3v) is 5.04. The molecular formula is C20H23F2N5O. The summed E-state index contributed by atoms with van der Waals surface area (Å²) in [6.45, 7) is 9.21. The largest absolute Gasteiger partial charge is 0.356 e. The number of nitrogens with zero attached hydrogens (tertiary/aromatic N) is 5. The monoisotopic (exact) mass is 387 g/mol. The summed E-state index contributed by atoms with van der Waals surface area (Å²) in [6, 6.07) is 4.44. The molecule has 1 aliphatic heterocycles. The predicted molar refractivity (Wildman–Crippen MR) is 102 cm³/mol. The van der Waals surface area contributed by atoms with Gasteiger partial charge in [0.25, 0.3) is 0 Å². The maximum atomic E-state index is 14.9. The smallest absolute Gasteiger partial charge is 0.187 e. The second-order valence-corrected chi connectivity index (χ2v) is 8.14. The Labute approximate surface area is 162 Å². The van der Waals surface area contributed by atoms with Crippen molar-refractivity contribution in [2.24, 2.45) is 0 Å². The fourth-order valence-electron chi connectivity index (χ4n) is 3.51. The van der Waals surface area contributed by atoms with E-state index in [2.05, 4.69) is 20.0 Å². The number of benzene rings is 1. The molecule has 8 heteroatoms. The van der Waals surface area contributed by atoms with Gasteiger partial charge in [0, 0.05) is 49.6 Å². The molecule has 2 aromatic heterocycles. The second kappa shape index (κ2) is 7.09. The first-order valence-electron chi connectivity index (χ1n) is 9.35.